The highest BCUT2D eigenvalue weighted by Gasteiger charge is 2.23. The Hall–Kier alpha value is -0.940. The van der Waals surface area contributed by atoms with E-state index < -0.39 is 0 Å². The SMILES string of the molecule is c1ccc(C2CNCCN2CCCN2CCOCC2)cc1. The van der Waals surface area contributed by atoms with Crippen LogP contribution in [0.3, 0.4) is 0 Å². The predicted octanol–water partition coefficient (Wildman–Crippen LogP) is 1.36. The third-order valence-corrected chi connectivity index (χ3v) is 4.56. The molecule has 116 valence electrons. The molecule has 1 aromatic carbocycles. The van der Waals surface area contributed by atoms with Crippen LogP contribution in [-0.4, -0.2) is 68.8 Å². The Labute approximate surface area is 128 Å². The van der Waals surface area contributed by atoms with Crippen LogP contribution in [-0.2, 0) is 4.74 Å². The van der Waals surface area contributed by atoms with Gasteiger partial charge in [0.1, 0.15) is 0 Å². The molecule has 21 heavy (non-hydrogen) atoms. The maximum absolute atomic E-state index is 5.41. The Morgan fingerprint density at radius 3 is 2.67 bits per heavy atom. The second-order valence-electron chi connectivity index (χ2n) is 5.97. The summed E-state index contributed by atoms with van der Waals surface area (Å²) in [6.07, 6.45) is 1.25. The van der Waals surface area contributed by atoms with Crippen molar-refractivity contribution in [2.45, 2.75) is 12.5 Å². The molecule has 2 fully saturated rings. The third-order valence-electron chi connectivity index (χ3n) is 4.56. The molecule has 2 aliphatic rings. The molecule has 0 saturated carbocycles. The number of ether oxygens (including phenoxy) is 1. The van der Waals surface area contributed by atoms with Crippen molar-refractivity contribution in [1.82, 2.24) is 15.1 Å². The Balaban J connectivity index is 1.50. The van der Waals surface area contributed by atoms with Crippen LogP contribution in [0, 0.1) is 0 Å². The Morgan fingerprint density at radius 2 is 1.86 bits per heavy atom. The topological polar surface area (TPSA) is 27.7 Å². The van der Waals surface area contributed by atoms with Crippen LogP contribution >= 0.6 is 0 Å². The number of morpholine rings is 1. The van der Waals surface area contributed by atoms with Crippen LogP contribution < -0.4 is 5.32 Å². The van der Waals surface area contributed by atoms with Crippen LogP contribution in [0.5, 0.6) is 0 Å². The van der Waals surface area contributed by atoms with E-state index in [0.29, 0.717) is 6.04 Å². The van der Waals surface area contributed by atoms with Gasteiger partial charge < -0.3 is 10.1 Å². The summed E-state index contributed by atoms with van der Waals surface area (Å²) in [6, 6.07) is 11.4. The molecule has 4 heteroatoms. The number of benzene rings is 1. The first-order valence-electron chi connectivity index (χ1n) is 8.23. The van der Waals surface area contributed by atoms with E-state index in [1.807, 2.05) is 0 Å². The third kappa shape index (κ3) is 4.27. The van der Waals surface area contributed by atoms with E-state index >= 15 is 0 Å². The summed E-state index contributed by atoms with van der Waals surface area (Å²) in [7, 11) is 0. The quantitative estimate of drug-likeness (QED) is 0.886. The van der Waals surface area contributed by atoms with Gasteiger partial charge in [-0.1, -0.05) is 30.3 Å². The summed E-state index contributed by atoms with van der Waals surface area (Å²) >= 11 is 0. The van der Waals surface area contributed by atoms with Crippen LogP contribution in [0.1, 0.15) is 18.0 Å². The normalized spacial score (nSPS) is 25.0. The summed E-state index contributed by atoms with van der Waals surface area (Å²) in [5.41, 5.74) is 1.44. The zero-order chi connectivity index (χ0) is 14.3. The van der Waals surface area contributed by atoms with Crippen LogP contribution in [0.2, 0.25) is 0 Å². The molecule has 0 aromatic heterocycles. The smallest absolute Gasteiger partial charge is 0.0594 e. The fourth-order valence-electron chi connectivity index (χ4n) is 3.34. The van der Waals surface area contributed by atoms with Crippen molar-refractivity contribution in [3.8, 4) is 0 Å². The highest BCUT2D eigenvalue weighted by atomic mass is 16.5. The Morgan fingerprint density at radius 1 is 1.05 bits per heavy atom. The molecule has 2 aliphatic heterocycles. The maximum atomic E-state index is 5.41. The van der Waals surface area contributed by atoms with Gasteiger partial charge in [0.25, 0.3) is 0 Å². The Kier molecular flexibility index (Phi) is 5.63. The van der Waals surface area contributed by atoms with Crippen molar-refractivity contribution in [1.29, 1.82) is 0 Å². The van der Waals surface area contributed by atoms with Crippen molar-refractivity contribution in [3.63, 3.8) is 0 Å². The van der Waals surface area contributed by atoms with Gasteiger partial charge in [0, 0.05) is 45.3 Å². The Bertz CT molecular complexity index is 406. The van der Waals surface area contributed by atoms with E-state index in [4.69, 9.17) is 4.74 Å². The van der Waals surface area contributed by atoms with E-state index in [-0.39, 0.29) is 0 Å². The van der Waals surface area contributed by atoms with Gasteiger partial charge in [0.15, 0.2) is 0 Å². The average Bonchev–Trinajstić information content (AvgIpc) is 2.57. The van der Waals surface area contributed by atoms with E-state index in [0.717, 1.165) is 45.9 Å². The minimum absolute atomic E-state index is 0.532. The molecule has 0 bridgehead atoms. The number of piperazine rings is 1. The van der Waals surface area contributed by atoms with Crippen molar-refractivity contribution < 1.29 is 4.74 Å². The summed E-state index contributed by atoms with van der Waals surface area (Å²) in [4.78, 5) is 5.18. The monoisotopic (exact) mass is 289 g/mol. The maximum Gasteiger partial charge on any atom is 0.0594 e. The van der Waals surface area contributed by atoms with Gasteiger partial charge in [0.2, 0.25) is 0 Å². The molecular weight excluding hydrogens is 262 g/mol. The van der Waals surface area contributed by atoms with Crippen molar-refractivity contribution >= 4 is 0 Å². The van der Waals surface area contributed by atoms with Crippen LogP contribution in [0.4, 0.5) is 0 Å². The predicted molar refractivity (Wildman–Crippen MR) is 85.5 cm³/mol. The van der Waals surface area contributed by atoms with Gasteiger partial charge in [-0.2, -0.15) is 0 Å². The van der Waals surface area contributed by atoms with Crippen molar-refractivity contribution in [3.05, 3.63) is 35.9 Å². The minimum Gasteiger partial charge on any atom is -0.379 e. The lowest BCUT2D eigenvalue weighted by Crippen LogP contribution is -2.47. The minimum atomic E-state index is 0.532. The first kappa shape index (κ1) is 15.0. The molecule has 0 aliphatic carbocycles. The van der Waals surface area contributed by atoms with Gasteiger partial charge in [0.05, 0.1) is 13.2 Å². The molecule has 0 radical (unpaired) electrons. The molecule has 0 amide bonds. The second-order valence-corrected chi connectivity index (χ2v) is 5.97. The second kappa shape index (κ2) is 7.90. The molecular formula is C17H27N3O. The zero-order valence-corrected chi connectivity index (χ0v) is 12.8. The van der Waals surface area contributed by atoms with Gasteiger partial charge in [-0.05, 0) is 18.5 Å². The average molecular weight is 289 g/mol. The van der Waals surface area contributed by atoms with Crippen molar-refractivity contribution in [2.24, 2.45) is 0 Å². The summed E-state index contributed by atoms with van der Waals surface area (Å²) in [5, 5.41) is 3.53. The lowest BCUT2D eigenvalue weighted by molar-refractivity contribution is 0.0349. The van der Waals surface area contributed by atoms with Crippen LogP contribution in [0.15, 0.2) is 30.3 Å². The lowest BCUT2D eigenvalue weighted by atomic mass is 10.0. The first-order valence-corrected chi connectivity index (χ1v) is 8.23. The largest absolute Gasteiger partial charge is 0.379 e. The number of hydrogen-bond acceptors (Lipinski definition) is 4. The van der Waals surface area contributed by atoms with Crippen LogP contribution in [0.25, 0.3) is 0 Å². The fraction of sp³-hybridized carbons (Fsp3) is 0.647. The molecule has 0 spiro atoms. The highest BCUT2D eigenvalue weighted by molar-refractivity contribution is 5.20. The van der Waals surface area contributed by atoms with Gasteiger partial charge in [-0.15, -0.1) is 0 Å². The number of hydrogen-bond donors (Lipinski definition) is 1. The van der Waals surface area contributed by atoms with E-state index in [1.165, 1.54) is 25.1 Å². The molecule has 1 unspecified atom stereocenters. The zero-order valence-electron chi connectivity index (χ0n) is 12.8. The summed E-state index contributed by atoms with van der Waals surface area (Å²) in [5.74, 6) is 0. The van der Waals surface area contributed by atoms with Gasteiger partial charge in [-0.25, -0.2) is 0 Å². The number of nitrogens with zero attached hydrogens (tertiary/aromatic N) is 2. The summed E-state index contributed by atoms with van der Waals surface area (Å²) in [6.45, 7) is 9.74. The standard InChI is InChI=1S/C17H27N3O/c1-2-5-16(6-3-1)17-15-18-7-10-20(17)9-4-8-19-11-13-21-14-12-19/h1-3,5-6,17-18H,4,7-15H2. The fourth-order valence-corrected chi connectivity index (χ4v) is 3.34. The molecule has 1 atom stereocenters. The van der Waals surface area contributed by atoms with Gasteiger partial charge in [-0.3, -0.25) is 9.80 Å². The molecule has 4 nitrogen and oxygen atoms in total. The molecule has 1 aromatic rings. The lowest BCUT2D eigenvalue weighted by Gasteiger charge is -2.37. The van der Waals surface area contributed by atoms with E-state index in [9.17, 15) is 0 Å². The molecule has 2 saturated heterocycles. The highest BCUT2D eigenvalue weighted by Crippen LogP contribution is 2.22. The summed E-state index contributed by atoms with van der Waals surface area (Å²) < 4.78 is 5.41. The molecule has 2 heterocycles. The van der Waals surface area contributed by atoms with Gasteiger partial charge >= 0.3 is 0 Å². The molecule has 1 N–H and O–H groups in total. The first-order chi connectivity index (χ1) is 10.4. The van der Waals surface area contributed by atoms with Crippen molar-refractivity contribution in [2.75, 3.05) is 59.0 Å². The number of nitrogens with one attached hydrogen (secondary N) is 1. The number of rotatable bonds is 5. The molecule has 3 rings (SSSR count). The van der Waals surface area contributed by atoms with E-state index in [1.54, 1.807) is 0 Å². The van der Waals surface area contributed by atoms with E-state index in [2.05, 4.69) is 45.4 Å².